The van der Waals surface area contributed by atoms with Gasteiger partial charge in [0.2, 0.25) is 12.6 Å². The minimum Gasteiger partial charge on any atom is -0.401 e. The zero-order valence-corrected chi connectivity index (χ0v) is 27.4. The van der Waals surface area contributed by atoms with Crippen LogP contribution in [0.15, 0.2) is 84.0 Å². The van der Waals surface area contributed by atoms with Crippen molar-refractivity contribution in [3.8, 4) is 0 Å². The van der Waals surface area contributed by atoms with Gasteiger partial charge in [0.25, 0.3) is 0 Å². The predicted octanol–water partition coefficient (Wildman–Crippen LogP) is 7.90. The summed E-state index contributed by atoms with van der Waals surface area (Å²) >= 11 is 0. The van der Waals surface area contributed by atoms with E-state index in [1.54, 1.807) is 0 Å². The first-order valence-corrected chi connectivity index (χ1v) is 14.7. The van der Waals surface area contributed by atoms with Crippen LogP contribution in [-0.2, 0) is 49.4 Å². The SMILES string of the molecule is CC(C)/C=C(\C(=O)OOC(C)OC(=O)OC(C)OOC(=O)/C(=C\C(C)C)C(C)(C)c1ccccc1)C(C)(C)c1ccccc1. The Morgan fingerprint density at radius 3 is 1.18 bits per heavy atom. The van der Waals surface area contributed by atoms with E-state index in [-0.39, 0.29) is 11.8 Å². The topological polar surface area (TPSA) is 107 Å². The molecule has 0 N–H and O–H groups in total. The van der Waals surface area contributed by atoms with Crippen molar-refractivity contribution in [3.05, 3.63) is 95.1 Å². The zero-order valence-electron chi connectivity index (χ0n) is 27.4. The van der Waals surface area contributed by atoms with Gasteiger partial charge < -0.3 is 9.47 Å². The average Bonchev–Trinajstić information content (AvgIpc) is 2.96. The van der Waals surface area contributed by atoms with Crippen molar-refractivity contribution < 1.29 is 43.4 Å². The van der Waals surface area contributed by atoms with Crippen LogP contribution in [0.4, 0.5) is 4.79 Å². The smallest absolute Gasteiger partial charge is 0.401 e. The fourth-order valence-electron chi connectivity index (χ4n) is 4.40. The maximum absolute atomic E-state index is 13.0. The summed E-state index contributed by atoms with van der Waals surface area (Å²) in [4.78, 5) is 58.5. The summed E-state index contributed by atoms with van der Waals surface area (Å²) in [6.45, 7) is 18.1. The lowest BCUT2D eigenvalue weighted by Gasteiger charge is -2.28. The van der Waals surface area contributed by atoms with Crippen LogP contribution in [0, 0.1) is 11.8 Å². The molecule has 0 heterocycles. The molecule has 240 valence electrons. The molecule has 0 saturated carbocycles. The molecule has 0 aliphatic carbocycles. The number of hydrogen-bond donors (Lipinski definition) is 0. The summed E-state index contributed by atoms with van der Waals surface area (Å²) in [5, 5.41) is 0. The van der Waals surface area contributed by atoms with Crippen LogP contribution in [0.2, 0.25) is 0 Å². The molecule has 2 atom stereocenters. The standard InChI is InChI=1S/C35H46O9/c1-23(2)21-29(34(7,8)27-17-13-11-14-18-27)31(36)43-41-25(5)39-33(38)40-26(6)42-44-32(37)30(22-24(3)4)35(9,10)28-19-15-12-16-20-28/h11-26H,1-10H3/b29-21+,30-22+. The van der Waals surface area contributed by atoms with Gasteiger partial charge in [-0.2, -0.15) is 0 Å². The lowest BCUT2D eigenvalue weighted by Crippen LogP contribution is -2.30. The predicted molar refractivity (Wildman–Crippen MR) is 166 cm³/mol. The van der Waals surface area contributed by atoms with Gasteiger partial charge in [0.05, 0.1) is 0 Å². The third-order valence-electron chi connectivity index (χ3n) is 6.82. The lowest BCUT2D eigenvalue weighted by atomic mass is 9.76. The van der Waals surface area contributed by atoms with E-state index in [1.165, 1.54) is 13.8 Å². The van der Waals surface area contributed by atoms with Crippen molar-refractivity contribution in [1.29, 1.82) is 0 Å². The number of benzene rings is 2. The molecule has 2 aromatic carbocycles. The molecule has 9 nitrogen and oxygen atoms in total. The summed E-state index contributed by atoms with van der Waals surface area (Å²) < 4.78 is 10.0. The quantitative estimate of drug-likeness (QED) is 0.0693. The number of rotatable bonds is 14. The van der Waals surface area contributed by atoms with E-state index in [0.29, 0.717) is 11.1 Å². The van der Waals surface area contributed by atoms with Crippen LogP contribution in [0.1, 0.15) is 80.4 Å². The van der Waals surface area contributed by atoms with Crippen LogP contribution < -0.4 is 0 Å². The van der Waals surface area contributed by atoms with Crippen LogP contribution in [-0.4, -0.2) is 30.7 Å². The minimum atomic E-state index is -1.31. The van der Waals surface area contributed by atoms with E-state index in [4.69, 9.17) is 29.0 Å². The van der Waals surface area contributed by atoms with Gasteiger partial charge in [0.15, 0.2) is 0 Å². The average molecular weight is 611 g/mol. The highest BCUT2D eigenvalue weighted by Gasteiger charge is 2.34. The highest BCUT2D eigenvalue weighted by molar-refractivity contribution is 5.91. The van der Waals surface area contributed by atoms with E-state index < -0.39 is 41.5 Å². The fraction of sp³-hybridized carbons (Fsp3) is 0.457. The van der Waals surface area contributed by atoms with Crippen LogP contribution in [0.3, 0.4) is 0 Å². The Bertz CT molecular complexity index is 1190. The Morgan fingerprint density at radius 1 is 0.568 bits per heavy atom. The molecule has 2 rings (SSSR count). The second kappa shape index (κ2) is 16.2. The normalized spacial score (nSPS) is 14.2. The molecule has 44 heavy (non-hydrogen) atoms. The molecule has 0 fully saturated rings. The van der Waals surface area contributed by atoms with Crippen LogP contribution in [0.25, 0.3) is 0 Å². The first-order chi connectivity index (χ1) is 20.5. The summed E-state index contributed by atoms with van der Waals surface area (Å²) in [7, 11) is 0. The molecule has 9 heteroatoms. The largest absolute Gasteiger partial charge is 0.513 e. The van der Waals surface area contributed by atoms with E-state index in [1.807, 2.05) is 128 Å². The number of carbonyl (C=O) groups is 3. The van der Waals surface area contributed by atoms with E-state index >= 15 is 0 Å². The van der Waals surface area contributed by atoms with Gasteiger partial charge in [-0.15, -0.1) is 9.78 Å². The molecule has 0 saturated heterocycles. The number of allylic oxidation sites excluding steroid dienone is 2. The van der Waals surface area contributed by atoms with Crippen molar-refractivity contribution in [1.82, 2.24) is 0 Å². The maximum Gasteiger partial charge on any atom is 0.513 e. The highest BCUT2D eigenvalue weighted by atomic mass is 17.2. The van der Waals surface area contributed by atoms with Gasteiger partial charge >= 0.3 is 18.1 Å². The van der Waals surface area contributed by atoms with Crippen molar-refractivity contribution in [2.45, 2.75) is 92.6 Å². The first kappa shape index (κ1) is 36.2. The zero-order chi connectivity index (χ0) is 33.1. The number of hydrogen-bond acceptors (Lipinski definition) is 9. The molecule has 0 bridgehead atoms. The summed E-state index contributed by atoms with van der Waals surface area (Å²) in [6, 6.07) is 19.1. The van der Waals surface area contributed by atoms with Crippen molar-refractivity contribution >= 4 is 18.1 Å². The lowest BCUT2D eigenvalue weighted by molar-refractivity contribution is -0.351. The molecule has 0 radical (unpaired) electrons. The van der Waals surface area contributed by atoms with E-state index in [2.05, 4.69) is 0 Å². The Morgan fingerprint density at radius 2 is 0.886 bits per heavy atom. The van der Waals surface area contributed by atoms with Gasteiger partial charge in [-0.1, -0.05) is 128 Å². The third kappa shape index (κ3) is 10.6. The second-order valence-electron chi connectivity index (χ2n) is 12.2. The molecule has 0 spiro atoms. The second-order valence-corrected chi connectivity index (χ2v) is 12.2. The summed E-state index contributed by atoms with van der Waals surface area (Å²) in [5.74, 6) is -1.32. The van der Waals surface area contributed by atoms with Crippen molar-refractivity contribution in [2.75, 3.05) is 0 Å². The third-order valence-corrected chi connectivity index (χ3v) is 6.82. The summed E-state index contributed by atoms with van der Waals surface area (Å²) in [6.07, 6.45) is -0.201. The van der Waals surface area contributed by atoms with Crippen molar-refractivity contribution in [3.63, 3.8) is 0 Å². The first-order valence-electron chi connectivity index (χ1n) is 14.7. The molecule has 0 amide bonds. The van der Waals surface area contributed by atoms with Crippen LogP contribution in [0.5, 0.6) is 0 Å². The van der Waals surface area contributed by atoms with Gasteiger partial charge in [0.1, 0.15) is 0 Å². The van der Waals surface area contributed by atoms with Crippen LogP contribution >= 0.6 is 0 Å². The molecule has 2 unspecified atom stereocenters. The molecular formula is C35H46O9. The summed E-state index contributed by atoms with van der Waals surface area (Å²) in [5.41, 5.74) is 1.25. The Kier molecular flexibility index (Phi) is 13.4. The molecule has 0 aromatic heterocycles. The molecule has 2 aromatic rings. The fourth-order valence-corrected chi connectivity index (χ4v) is 4.40. The Labute approximate surface area is 261 Å². The Hall–Kier alpha value is -3.95. The van der Waals surface area contributed by atoms with Gasteiger partial charge in [0, 0.05) is 35.8 Å². The minimum absolute atomic E-state index is 0.0566. The number of carbonyl (C=O) groups excluding carboxylic acids is 3. The van der Waals surface area contributed by atoms with Crippen molar-refractivity contribution in [2.24, 2.45) is 11.8 Å². The van der Waals surface area contributed by atoms with Gasteiger partial charge in [-0.25, -0.2) is 14.4 Å². The van der Waals surface area contributed by atoms with E-state index in [0.717, 1.165) is 11.1 Å². The number of ether oxygens (including phenoxy) is 2. The van der Waals surface area contributed by atoms with Gasteiger partial charge in [-0.3, -0.25) is 9.78 Å². The molecule has 0 aliphatic heterocycles. The molecular weight excluding hydrogens is 564 g/mol. The maximum atomic E-state index is 13.0. The van der Waals surface area contributed by atoms with E-state index in [9.17, 15) is 14.4 Å². The molecule has 0 aliphatic rings. The highest BCUT2D eigenvalue weighted by Crippen LogP contribution is 2.34. The Balaban J connectivity index is 1.94. The van der Waals surface area contributed by atoms with Gasteiger partial charge in [-0.05, 0) is 23.0 Å². The monoisotopic (exact) mass is 610 g/mol.